The Labute approximate surface area is 92.7 Å². The molecule has 0 aliphatic carbocycles. The van der Waals surface area contributed by atoms with E-state index in [9.17, 15) is 0 Å². The first-order chi connectivity index (χ1) is 6.77. The Morgan fingerprint density at radius 2 is 2.21 bits per heavy atom. The molecule has 0 saturated heterocycles. The molecule has 0 fully saturated rings. The van der Waals surface area contributed by atoms with Crippen LogP contribution in [0.4, 0.5) is 0 Å². The molecule has 1 rings (SSSR count). The number of aliphatic hydroxyl groups is 1. The van der Waals surface area contributed by atoms with E-state index in [0.29, 0.717) is 17.4 Å². The minimum atomic E-state index is -0.0262. The third-order valence-corrected chi connectivity index (χ3v) is 2.08. The topological polar surface area (TPSA) is 29.5 Å². The average molecular weight is 233 g/mol. The summed E-state index contributed by atoms with van der Waals surface area (Å²) >= 11 is 11.2. The van der Waals surface area contributed by atoms with Gasteiger partial charge in [0.15, 0.2) is 0 Å². The number of aliphatic hydroxyl groups excluding tert-OH is 1. The van der Waals surface area contributed by atoms with E-state index in [1.807, 2.05) is 0 Å². The lowest BCUT2D eigenvalue weighted by Crippen LogP contribution is -1.94. The van der Waals surface area contributed by atoms with Gasteiger partial charge in [-0.2, -0.15) is 0 Å². The van der Waals surface area contributed by atoms with Gasteiger partial charge in [0, 0.05) is 5.54 Å². The summed E-state index contributed by atoms with van der Waals surface area (Å²) in [5, 5.41) is 9.32. The van der Waals surface area contributed by atoms with Crippen molar-refractivity contribution in [3.05, 3.63) is 40.4 Å². The minimum Gasteiger partial charge on any atom is -0.488 e. The molecule has 0 radical (unpaired) electrons. The van der Waals surface area contributed by atoms with Gasteiger partial charge in [0.2, 0.25) is 0 Å². The van der Waals surface area contributed by atoms with Gasteiger partial charge in [-0.15, -0.1) is 0 Å². The molecule has 0 aliphatic heterocycles. The van der Waals surface area contributed by atoms with Crippen LogP contribution in [0.1, 0.15) is 5.56 Å². The fourth-order valence-electron chi connectivity index (χ4n) is 0.934. The van der Waals surface area contributed by atoms with E-state index in [1.165, 1.54) is 5.54 Å². The molecule has 0 saturated carbocycles. The molecule has 4 heteroatoms. The molecule has 0 heterocycles. The third kappa shape index (κ3) is 3.22. The Morgan fingerprint density at radius 1 is 1.43 bits per heavy atom. The Bertz CT molecular complexity index is 324. The second-order valence-electron chi connectivity index (χ2n) is 2.60. The van der Waals surface area contributed by atoms with Crippen LogP contribution in [-0.4, -0.2) is 11.7 Å². The molecule has 76 valence electrons. The number of benzene rings is 1. The van der Waals surface area contributed by atoms with Crippen molar-refractivity contribution in [3.8, 4) is 5.75 Å². The van der Waals surface area contributed by atoms with Crippen LogP contribution in [0.5, 0.6) is 5.75 Å². The third-order valence-electron chi connectivity index (χ3n) is 1.60. The maximum absolute atomic E-state index is 8.84. The highest BCUT2D eigenvalue weighted by molar-refractivity contribution is 6.32. The zero-order valence-electron chi connectivity index (χ0n) is 7.41. The summed E-state index contributed by atoms with van der Waals surface area (Å²) in [6.07, 6.45) is 1.66. The summed E-state index contributed by atoms with van der Waals surface area (Å²) < 4.78 is 5.29. The SMILES string of the molecule is OCc1ccc(OCC=CCl)c(Cl)c1. The standard InChI is InChI=1S/C10H10Cl2O2/c11-4-1-5-14-10-3-2-8(7-13)6-9(10)12/h1-4,6,13H,5,7H2. The van der Waals surface area contributed by atoms with E-state index >= 15 is 0 Å². The predicted molar refractivity (Wildman–Crippen MR) is 57.9 cm³/mol. The molecule has 1 aromatic rings. The van der Waals surface area contributed by atoms with Crippen LogP contribution < -0.4 is 4.74 Å². The molecular weight excluding hydrogens is 223 g/mol. The summed E-state index contributed by atoms with van der Waals surface area (Å²) in [5.74, 6) is 0.582. The molecule has 0 bridgehead atoms. The monoisotopic (exact) mass is 232 g/mol. The van der Waals surface area contributed by atoms with Crippen LogP contribution in [0.2, 0.25) is 5.02 Å². The van der Waals surface area contributed by atoms with Crippen molar-refractivity contribution in [1.29, 1.82) is 0 Å². The summed E-state index contributed by atoms with van der Waals surface area (Å²) in [6.45, 7) is 0.350. The molecule has 0 aliphatic rings. The number of hydrogen-bond acceptors (Lipinski definition) is 2. The molecule has 1 aromatic carbocycles. The van der Waals surface area contributed by atoms with Crippen LogP contribution in [0.3, 0.4) is 0 Å². The van der Waals surface area contributed by atoms with Crippen LogP contribution in [0.15, 0.2) is 29.8 Å². The summed E-state index contributed by atoms with van der Waals surface area (Å²) in [6, 6.07) is 5.14. The quantitative estimate of drug-likeness (QED) is 0.866. The lowest BCUT2D eigenvalue weighted by molar-refractivity contribution is 0.281. The lowest BCUT2D eigenvalue weighted by atomic mass is 10.2. The van der Waals surface area contributed by atoms with E-state index in [4.69, 9.17) is 33.0 Å². The maximum atomic E-state index is 8.84. The van der Waals surface area contributed by atoms with Crippen molar-refractivity contribution in [2.24, 2.45) is 0 Å². The molecule has 0 amide bonds. The number of hydrogen-bond donors (Lipinski definition) is 1. The average Bonchev–Trinajstić information content (AvgIpc) is 2.20. The van der Waals surface area contributed by atoms with Gasteiger partial charge in [-0.1, -0.05) is 29.3 Å². The maximum Gasteiger partial charge on any atom is 0.138 e. The highest BCUT2D eigenvalue weighted by atomic mass is 35.5. The second-order valence-corrected chi connectivity index (χ2v) is 3.25. The molecule has 0 aromatic heterocycles. The van der Waals surface area contributed by atoms with Gasteiger partial charge in [-0.3, -0.25) is 0 Å². The van der Waals surface area contributed by atoms with Crippen molar-refractivity contribution in [2.45, 2.75) is 6.61 Å². The molecule has 0 atom stereocenters. The smallest absolute Gasteiger partial charge is 0.138 e. The Balaban J connectivity index is 2.68. The number of rotatable bonds is 4. The molecule has 0 unspecified atom stereocenters. The molecular formula is C10H10Cl2O2. The van der Waals surface area contributed by atoms with Crippen LogP contribution in [0, 0.1) is 0 Å². The van der Waals surface area contributed by atoms with Crippen molar-refractivity contribution in [3.63, 3.8) is 0 Å². The summed E-state index contributed by atoms with van der Waals surface area (Å²) in [5.41, 5.74) is 2.14. The van der Waals surface area contributed by atoms with Gasteiger partial charge < -0.3 is 9.84 Å². The number of halogens is 2. The predicted octanol–water partition coefficient (Wildman–Crippen LogP) is 2.96. The molecule has 0 spiro atoms. The van der Waals surface area contributed by atoms with Gasteiger partial charge >= 0.3 is 0 Å². The largest absolute Gasteiger partial charge is 0.488 e. The van der Waals surface area contributed by atoms with Crippen LogP contribution >= 0.6 is 23.2 Å². The normalized spacial score (nSPS) is 10.8. The van der Waals surface area contributed by atoms with E-state index in [-0.39, 0.29) is 6.61 Å². The van der Waals surface area contributed by atoms with Crippen molar-refractivity contribution in [1.82, 2.24) is 0 Å². The first kappa shape index (κ1) is 11.4. The highest BCUT2D eigenvalue weighted by Crippen LogP contribution is 2.25. The first-order valence-electron chi connectivity index (χ1n) is 4.05. The van der Waals surface area contributed by atoms with Crippen LogP contribution in [0.25, 0.3) is 0 Å². The summed E-state index contributed by atoms with van der Waals surface area (Å²) in [7, 11) is 0. The van der Waals surface area contributed by atoms with Gasteiger partial charge in [-0.25, -0.2) is 0 Å². The van der Waals surface area contributed by atoms with Crippen molar-refractivity contribution < 1.29 is 9.84 Å². The Morgan fingerprint density at radius 3 is 2.79 bits per heavy atom. The first-order valence-corrected chi connectivity index (χ1v) is 4.86. The fraction of sp³-hybridized carbons (Fsp3) is 0.200. The second kappa shape index (κ2) is 5.91. The Hall–Kier alpha value is -0.700. The highest BCUT2D eigenvalue weighted by Gasteiger charge is 2.01. The van der Waals surface area contributed by atoms with Crippen molar-refractivity contribution >= 4 is 23.2 Å². The molecule has 1 N–H and O–H groups in total. The Kier molecular flexibility index (Phi) is 4.80. The van der Waals surface area contributed by atoms with Crippen molar-refractivity contribution in [2.75, 3.05) is 6.61 Å². The van der Waals surface area contributed by atoms with E-state index in [0.717, 1.165) is 5.56 Å². The van der Waals surface area contributed by atoms with E-state index in [1.54, 1.807) is 24.3 Å². The van der Waals surface area contributed by atoms with Gasteiger partial charge in [0.25, 0.3) is 0 Å². The lowest BCUT2D eigenvalue weighted by Gasteiger charge is -2.06. The van der Waals surface area contributed by atoms with Crippen LogP contribution in [-0.2, 0) is 6.61 Å². The van der Waals surface area contributed by atoms with Gasteiger partial charge in [0.1, 0.15) is 12.4 Å². The van der Waals surface area contributed by atoms with E-state index in [2.05, 4.69) is 0 Å². The summed E-state index contributed by atoms with van der Waals surface area (Å²) in [4.78, 5) is 0. The molecule has 14 heavy (non-hydrogen) atoms. The van der Waals surface area contributed by atoms with Gasteiger partial charge in [0.05, 0.1) is 11.6 Å². The fourth-order valence-corrected chi connectivity index (χ4v) is 1.26. The van der Waals surface area contributed by atoms with Gasteiger partial charge in [-0.05, 0) is 23.8 Å². The minimum absolute atomic E-state index is 0.0262. The number of ether oxygens (including phenoxy) is 1. The zero-order chi connectivity index (χ0) is 10.4. The molecule has 2 nitrogen and oxygen atoms in total. The van der Waals surface area contributed by atoms with E-state index < -0.39 is 0 Å². The zero-order valence-corrected chi connectivity index (χ0v) is 8.92.